The normalized spacial score (nSPS) is 19.9. The summed E-state index contributed by atoms with van der Waals surface area (Å²) < 4.78 is 13.6. The van der Waals surface area contributed by atoms with E-state index in [1.807, 2.05) is 0 Å². The van der Waals surface area contributed by atoms with Crippen LogP contribution in [0.1, 0.15) is 21.7 Å². The number of carbonyl (C=O) groups is 1. The first kappa shape index (κ1) is 13.7. The van der Waals surface area contributed by atoms with Crippen molar-refractivity contribution < 1.29 is 14.3 Å². The summed E-state index contributed by atoms with van der Waals surface area (Å²) in [6, 6.07) is 12.3. The Balaban J connectivity index is 2.00. The Kier molecular flexibility index (Phi) is 2.82. The van der Waals surface area contributed by atoms with Gasteiger partial charge >= 0.3 is 0 Å². The zero-order valence-corrected chi connectivity index (χ0v) is 11.9. The first-order chi connectivity index (χ1) is 11.1. The number of rotatable bonds is 2. The van der Waals surface area contributed by atoms with Crippen molar-refractivity contribution in [2.24, 2.45) is 0 Å². The molecule has 0 saturated heterocycles. The molecule has 23 heavy (non-hydrogen) atoms. The van der Waals surface area contributed by atoms with Crippen LogP contribution in [0.15, 0.2) is 60.9 Å². The highest BCUT2D eigenvalue weighted by atomic mass is 19.1. The standard InChI is InChI=1S/C17H12FN3O2/c18-11-4-3-5-12(10-11)21-15(22)13-6-1-2-7-14(13)17(21,23)16-19-8-9-20-16/h1-10,23H,(H,19,20)/t17-/m1/s1. The monoisotopic (exact) mass is 309 g/mol. The van der Waals surface area contributed by atoms with Crippen LogP contribution >= 0.6 is 0 Å². The van der Waals surface area contributed by atoms with Crippen LogP contribution in [0.25, 0.3) is 0 Å². The number of hydrogen-bond donors (Lipinski definition) is 2. The lowest BCUT2D eigenvalue weighted by Crippen LogP contribution is -2.45. The molecule has 2 aromatic carbocycles. The van der Waals surface area contributed by atoms with Gasteiger partial charge < -0.3 is 10.1 Å². The highest BCUT2D eigenvalue weighted by Gasteiger charge is 2.52. The average molecular weight is 309 g/mol. The van der Waals surface area contributed by atoms with E-state index in [2.05, 4.69) is 9.97 Å². The molecular weight excluding hydrogens is 297 g/mol. The molecule has 1 atom stereocenters. The minimum absolute atomic E-state index is 0.195. The Labute approximate surface area is 131 Å². The Morgan fingerprint density at radius 2 is 2.00 bits per heavy atom. The fraction of sp³-hybridized carbons (Fsp3) is 0.0588. The summed E-state index contributed by atoms with van der Waals surface area (Å²) in [5.41, 5.74) is -0.796. The van der Waals surface area contributed by atoms with Gasteiger partial charge in [0.1, 0.15) is 5.82 Å². The SMILES string of the molecule is O=C1c2ccccc2[C@@](O)(c2ncc[nH]2)N1c1cccc(F)c1. The maximum atomic E-state index is 13.6. The molecule has 1 aliphatic rings. The second-order valence-corrected chi connectivity index (χ2v) is 5.28. The molecule has 1 amide bonds. The zero-order valence-electron chi connectivity index (χ0n) is 11.9. The average Bonchev–Trinajstić information content (AvgIpc) is 3.16. The van der Waals surface area contributed by atoms with E-state index in [0.717, 1.165) is 4.90 Å². The number of benzene rings is 2. The van der Waals surface area contributed by atoms with Gasteiger partial charge in [0.05, 0.1) is 5.69 Å². The molecule has 0 radical (unpaired) electrons. The molecule has 0 spiro atoms. The molecule has 4 rings (SSSR count). The van der Waals surface area contributed by atoms with Gasteiger partial charge in [-0.3, -0.25) is 9.69 Å². The Hall–Kier alpha value is -2.99. The van der Waals surface area contributed by atoms with Gasteiger partial charge in [-0.05, 0) is 24.3 Å². The number of H-pyrrole nitrogens is 1. The van der Waals surface area contributed by atoms with E-state index in [-0.39, 0.29) is 11.5 Å². The molecule has 3 aromatic rings. The number of nitrogens with zero attached hydrogens (tertiary/aromatic N) is 2. The summed E-state index contributed by atoms with van der Waals surface area (Å²) in [7, 11) is 0. The van der Waals surface area contributed by atoms with Crippen molar-refractivity contribution in [2.75, 3.05) is 4.90 Å². The first-order valence-corrected chi connectivity index (χ1v) is 7.04. The van der Waals surface area contributed by atoms with Gasteiger partial charge in [-0.2, -0.15) is 0 Å². The van der Waals surface area contributed by atoms with E-state index >= 15 is 0 Å². The molecule has 5 nitrogen and oxygen atoms in total. The van der Waals surface area contributed by atoms with Crippen molar-refractivity contribution in [3.63, 3.8) is 0 Å². The number of aromatic nitrogens is 2. The lowest BCUT2D eigenvalue weighted by Gasteiger charge is -2.32. The predicted molar refractivity (Wildman–Crippen MR) is 81.2 cm³/mol. The van der Waals surface area contributed by atoms with Gasteiger partial charge in [0.25, 0.3) is 5.91 Å². The number of aliphatic hydroxyl groups is 1. The van der Waals surface area contributed by atoms with Crippen LogP contribution in [0.4, 0.5) is 10.1 Å². The van der Waals surface area contributed by atoms with E-state index in [1.165, 1.54) is 24.4 Å². The van der Waals surface area contributed by atoms with Crippen molar-refractivity contribution in [1.82, 2.24) is 9.97 Å². The molecule has 0 saturated carbocycles. The second-order valence-electron chi connectivity index (χ2n) is 5.28. The van der Waals surface area contributed by atoms with Crippen LogP contribution in [0.3, 0.4) is 0 Å². The second kappa shape index (κ2) is 4.76. The number of imidazole rings is 1. The number of fused-ring (bicyclic) bond motifs is 1. The van der Waals surface area contributed by atoms with E-state index in [9.17, 15) is 14.3 Å². The van der Waals surface area contributed by atoms with Gasteiger partial charge in [-0.15, -0.1) is 0 Å². The van der Waals surface area contributed by atoms with Crippen LogP contribution < -0.4 is 4.90 Å². The molecule has 0 fully saturated rings. The molecular formula is C17H12FN3O2. The summed E-state index contributed by atoms with van der Waals surface area (Å²) in [6.07, 6.45) is 3.05. The molecule has 2 N–H and O–H groups in total. The summed E-state index contributed by atoms with van der Waals surface area (Å²) >= 11 is 0. The molecule has 6 heteroatoms. The third kappa shape index (κ3) is 1.82. The van der Waals surface area contributed by atoms with Crippen molar-refractivity contribution in [1.29, 1.82) is 0 Å². The number of anilines is 1. The topological polar surface area (TPSA) is 69.2 Å². The summed E-state index contributed by atoms with van der Waals surface area (Å²) in [4.78, 5) is 20.9. The molecule has 0 aliphatic carbocycles. The molecule has 114 valence electrons. The van der Waals surface area contributed by atoms with Crippen molar-refractivity contribution in [3.05, 3.63) is 83.7 Å². The largest absolute Gasteiger partial charge is 0.360 e. The van der Waals surface area contributed by atoms with Crippen LogP contribution in [-0.2, 0) is 5.72 Å². The summed E-state index contributed by atoms with van der Waals surface area (Å²) in [5.74, 6) is -0.710. The molecule has 0 unspecified atom stereocenters. The number of nitrogens with one attached hydrogen (secondary N) is 1. The van der Waals surface area contributed by atoms with Crippen molar-refractivity contribution in [3.8, 4) is 0 Å². The number of halogens is 1. The minimum Gasteiger partial charge on any atom is -0.360 e. The Morgan fingerprint density at radius 3 is 2.74 bits per heavy atom. The first-order valence-electron chi connectivity index (χ1n) is 7.04. The van der Waals surface area contributed by atoms with E-state index in [0.29, 0.717) is 11.1 Å². The van der Waals surface area contributed by atoms with E-state index in [4.69, 9.17) is 0 Å². The molecule has 1 aliphatic heterocycles. The number of carbonyl (C=O) groups excluding carboxylic acids is 1. The fourth-order valence-electron chi connectivity index (χ4n) is 2.97. The van der Waals surface area contributed by atoms with Crippen LogP contribution in [0.2, 0.25) is 0 Å². The zero-order chi connectivity index (χ0) is 16.0. The fourth-order valence-corrected chi connectivity index (χ4v) is 2.97. The van der Waals surface area contributed by atoms with Crippen LogP contribution in [0.5, 0.6) is 0 Å². The highest BCUT2D eigenvalue weighted by Crippen LogP contribution is 2.43. The van der Waals surface area contributed by atoms with Crippen LogP contribution in [0, 0.1) is 5.82 Å². The minimum atomic E-state index is -1.81. The summed E-state index contributed by atoms with van der Waals surface area (Å²) in [5, 5.41) is 11.4. The Bertz CT molecular complexity index is 894. The van der Waals surface area contributed by atoms with Gasteiger partial charge in [0, 0.05) is 23.5 Å². The lowest BCUT2D eigenvalue weighted by atomic mass is 10.0. The van der Waals surface area contributed by atoms with Gasteiger partial charge in [-0.1, -0.05) is 24.3 Å². The molecule has 1 aromatic heterocycles. The summed E-state index contributed by atoms with van der Waals surface area (Å²) in [6.45, 7) is 0. The molecule has 0 bridgehead atoms. The van der Waals surface area contributed by atoms with Gasteiger partial charge in [-0.25, -0.2) is 9.37 Å². The maximum Gasteiger partial charge on any atom is 0.261 e. The van der Waals surface area contributed by atoms with Crippen LogP contribution in [-0.4, -0.2) is 21.0 Å². The maximum absolute atomic E-state index is 13.6. The van der Waals surface area contributed by atoms with Crippen molar-refractivity contribution in [2.45, 2.75) is 5.72 Å². The number of aromatic amines is 1. The predicted octanol–water partition coefficient (Wildman–Crippen LogP) is 2.40. The Morgan fingerprint density at radius 1 is 1.17 bits per heavy atom. The third-order valence-corrected chi connectivity index (χ3v) is 3.95. The van der Waals surface area contributed by atoms with E-state index in [1.54, 1.807) is 36.5 Å². The highest BCUT2D eigenvalue weighted by molar-refractivity contribution is 6.12. The number of amides is 1. The molecule has 2 heterocycles. The quantitative estimate of drug-likeness (QED) is 0.764. The van der Waals surface area contributed by atoms with Gasteiger partial charge in [0.15, 0.2) is 5.82 Å². The lowest BCUT2D eigenvalue weighted by molar-refractivity contribution is 0.0652. The third-order valence-electron chi connectivity index (χ3n) is 3.95. The van der Waals surface area contributed by atoms with E-state index < -0.39 is 17.4 Å². The van der Waals surface area contributed by atoms with Crippen molar-refractivity contribution >= 4 is 11.6 Å². The van der Waals surface area contributed by atoms with Gasteiger partial charge in [0.2, 0.25) is 5.72 Å². The smallest absolute Gasteiger partial charge is 0.261 e. The number of hydrogen-bond acceptors (Lipinski definition) is 3.